The Labute approximate surface area is 818 Å². The molecule has 0 saturated carbocycles. The number of nitrogens with zero attached hydrogens (tertiary/aromatic N) is 11. The van der Waals surface area contributed by atoms with Gasteiger partial charge in [0.05, 0.1) is 26.4 Å². The number of ether oxygens (including phenoxy) is 2. The maximum atomic E-state index is 5.33. The van der Waals surface area contributed by atoms with Gasteiger partial charge in [-0.3, -0.25) is 9.80 Å². The number of rotatable bonds is 29. The second-order valence-corrected chi connectivity index (χ2v) is 54.3. The smallest absolute Gasteiger partial charge is 0.0594 e. The van der Waals surface area contributed by atoms with Crippen molar-refractivity contribution in [3.05, 3.63) is 0 Å². The zero-order chi connectivity index (χ0) is 101. The predicted octanol–water partition coefficient (Wildman–Crippen LogP) is 27.6. The molecule has 1 N–H and O–H groups in total. The number of hydrogen-bond donors (Lipinski definition) is 1. The Balaban J connectivity index is -0.000000438. The molecule has 5 atom stereocenters. The van der Waals surface area contributed by atoms with Crippen LogP contribution in [0.25, 0.3) is 0 Å². The summed E-state index contributed by atoms with van der Waals surface area (Å²) in [6.07, 6.45) is 26.2. The first kappa shape index (κ1) is 137. The second kappa shape index (κ2) is 72.7. The third-order valence-electron chi connectivity index (χ3n) is 27.4. The number of piperazine rings is 1. The fraction of sp³-hybridized carbons (Fsp3) is 1.00. The van der Waals surface area contributed by atoms with Crippen LogP contribution in [0.15, 0.2) is 0 Å². The van der Waals surface area contributed by atoms with E-state index in [0.29, 0.717) is 65.6 Å². The molecular weight excluding hydrogens is 1580 g/mol. The molecule has 6 aliphatic rings. The van der Waals surface area contributed by atoms with Crippen molar-refractivity contribution in [2.45, 2.75) is 419 Å². The lowest BCUT2D eigenvalue weighted by molar-refractivity contribution is 0.0227. The Morgan fingerprint density at radius 3 is 0.806 bits per heavy atom. The summed E-state index contributed by atoms with van der Waals surface area (Å²) in [4.78, 5) is 27.2. The van der Waals surface area contributed by atoms with E-state index in [-0.39, 0.29) is 0 Å². The molecule has 0 amide bonds. The molecule has 0 aromatic carbocycles. The Morgan fingerprint density at radius 2 is 0.550 bits per heavy atom. The first-order valence-corrected chi connectivity index (χ1v) is 54.4. The summed E-state index contributed by atoms with van der Waals surface area (Å²) in [6, 6.07) is 0.694. The molecule has 0 aromatic heterocycles. The summed E-state index contributed by atoms with van der Waals surface area (Å²) in [5.41, 5.74) is 5.26. The first-order chi connectivity index (χ1) is 58.8. The fourth-order valence-corrected chi connectivity index (χ4v) is 15.0. The third-order valence-corrected chi connectivity index (χ3v) is 27.4. The lowest BCUT2D eigenvalue weighted by Crippen LogP contribution is -2.44. The van der Waals surface area contributed by atoms with Crippen LogP contribution < -0.4 is 5.32 Å². The van der Waals surface area contributed by atoms with Gasteiger partial charge in [0.15, 0.2) is 0 Å². The summed E-state index contributed by atoms with van der Waals surface area (Å²) in [7, 11) is 12.8. The lowest BCUT2D eigenvalue weighted by Gasteiger charge is -2.34. The van der Waals surface area contributed by atoms with Gasteiger partial charge >= 0.3 is 0 Å². The van der Waals surface area contributed by atoms with Gasteiger partial charge in [-0.1, -0.05) is 303 Å². The Hall–Kier alpha value is -0.560. The summed E-state index contributed by atoms with van der Waals surface area (Å²) < 4.78 is 10.6. The minimum absolute atomic E-state index is 0.429. The van der Waals surface area contributed by atoms with Crippen molar-refractivity contribution in [2.75, 3.05) is 252 Å². The second-order valence-electron chi connectivity index (χ2n) is 54.3. The van der Waals surface area contributed by atoms with Crippen molar-refractivity contribution < 1.29 is 9.47 Å². The molecule has 6 rings (SSSR count). The molecule has 6 aliphatic heterocycles. The molecule has 0 spiro atoms. The van der Waals surface area contributed by atoms with E-state index in [2.05, 4.69) is 392 Å². The Kier molecular flexibility index (Phi) is 77.1. The SMILES string of the molecule is CC(C)(C)CCCN1CCCCC1.CC(C)(C)CCCN1CCCCC1.CC(C)(C)CCN1CCNCC1.CC(C)(C)CCN1CCOCC1.CC(CC(C)(C)C)N(C)C.CC(CN(C)C)C(C)(C)C.CC(CN1CCCCC1)C(C)(C)C.CC(CN1CCOCC1)C(C)(C)C.CCN(CC)CC(C)C(C)(C)C.CCN(CC)CCCC(C)(C)C.CN(C)CCC(C)(C)C. The first-order valence-electron chi connectivity index (χ1n) is 54.4. The van der Waals surface area contributed by atoms with E-state index in [1.165, 1.54) is 279 Å². The summed E-state index contributed by atoms with van der Waals surface area (Å²) in [5.74, 6) is 3.11. The van der Waals surface area contributed by atoms with E-state index < -0.39 is 0 Å². The molecule has 6 heterocycles. The van der Waals surface area contributed by atoms with E-state index in [9.17, 15) is 0 Å². The molecule has 6 fully saturated rings. The van der Waals surface area contributed by atoms with Gasteiger partial charge < -0.3 is 58.9 Å². The third kappa shape index (κ3) is 97.5. The van der Waals surface area contributed by atoms with Crippen LogP contribution in [0, 0.1) is 83.2 Å². The lowest BCUT2D eigenvalue weighted by atomic mass is 9.81. The quantitative estimate of drug-likeness (QED) is 0.0773. The molecular formula is C115H252N12O2. The van der Waals surface area contributed by atoms with Gasteiger partial charge in [0, 0.05) is 84.6 Å². The normalized spacial score (nSPS) is 18.7. The van der Waals surface area contributed by atoms with Crippen molar-refractivity contribution in [3.8, 4) is 0 Å². The summed E-state index contributed by atoms with van der Waals surface area (Å²) >= 11 is 0. The predicted molar refractivity (Wildman–Crippen MR) is 587 cm³/mol. The van der Waals surface area contributed by atoms with E-state index in [4.69, 9.17) is 9.47 Å². The highest BCUT2D eigenvalue weighted by atomic mass is 16.5. The highest BCUT2D eigenvalue weighted by Crippen LogP contribution is 2.32. The van der Waals surface area contributed by atoms with E-state index in [0.717, 1.165) is 76.3 Å². The topological polar surface area (TPSA) is 66.1 Å². The van der Waals surface area contributed by atoms with Gasteiger partial charge in [-0.15, -0.1) is 0 Å². The monoisotopic (exact) mass is 1830 g/mol. The Morgan fingerprint density at radius 1 is 0.271 bits per heavy atom. The van der Waals surface area contributed by atoms with Crippen molar-refractivity contribution in [2.24, 2.45) is 83.2 Å². The van der Waals surface area contributed by atoms with E-state index in [1.807, 2.05) is 0 Å². The summed E-state index contributed by atoms with van der Waals surface area (Å²) in [5, 5.41) is 3.37. The van der Waals surface area contributed by atoms with Crippen molar-refractivity contribution in [1.29, 1.82) is 0 Å². The van der Waals surface area contributed by atoms with E-state index in [1.54, 1.807) is 0 Å². The van der Waals surface area contributed by atoms with Gasteiger partial charge in [-0.25, -0.2) is 0 Å². The van der Waals surface area contributed by atoms with Crippen molar-refractivity contribution >= 4 is 0 Å². The van der Waals surface area contributed by atoms with Gasteiger partial charge in [0.25, 0.3) is 0 Å². The summed E-state index contributed by atoms with van der Waals surface area (Å²) in [6.45, 7) is 135. The van der Waals surface area contributed by atoms with Gasteiger partial charge in [0.2, 0.25) is 0 Å². The molecule has 0 aliphatic carbocycles. The van der Waals surface area contributed by atoms with Crippen molar-refractivity contribution in [3.63, 3.8) is 0 Å². The number of morpholine rings is 2. The molecule has 784 valence electrons. The van der Waals surface area contributed by atoms with Gasteiger partial charge in [-0.2, -0.15) is 0 Å². The average molecular weight is 1840 g/mol. The van der Waals surface area contributed by atoms with E-state index >= 15 is 0 Å². The highest BCUT2D eigenvalue weighted by Gasteiger charge is 2.28. The zero-order valence-corrected chi connectivity index (χ0v) is 98.7. The van der Waals surface area contributed by atoms with Crippen molar-refractivity contribution in [1.82, 2.24) is 59.2 Å². The van der Waals surface area contributed by atoms with Crippen LogP contribution in [-0.2, 0) is 9.47 Å². The maximum Gasteiger partial charge on any atom is 0.0594 e. The Bertz CT molecular complexity index is 2300. The van der Waals surface area contributed by atoms with Crippen LogP contribution in [0.4, 0.5) is 0 Å². The average Bonchev–Trinajstić information content (AvgIpc) is 0.886. The molecule has 5 unspecified atom stereocenters. The number of hydrogen-bond acceptors (Lipinski definition) is 14. The van der Waals surface area contributed by atoms with Crippen LogP contribution in [0.2, 0.25) is 0 Å². The molecule has 0 bridgehead atoms. The minimum atomic E-state index is 0.429. The minimum Gasteiger partial charge on any atom is -0.379 e. The molecule has 6 saturated heterocycles. The van der Waals surface area contributed by atoms with Crippen LogP contribution in [0.3, 0.4) is 0 Å². The van der Waals surface area contributed by atoms with Crippen LogP contribution in [0.5, 0.6) is 0 Å². The maximum absolute atomic E-state index is 5.33. The standard InChI is InChI=1S/3C12H25N.C11H23NO.2C11H25N.C10H22N2.C10H21NO.2C9H21N.C8H19N/c1-11(12(2,3)4)10-13-8-6-5-7-9-13;2*1-12(2,3)8-7-11-13-9-5-4-6-10-13;1-10(11(2,3)4)9-12-5-7-13-8-6-12;1-7-12(8-2)9-10(3)11(4,5)6;1-6-12(7-2)10-8-9-11(3,4)5;1-10(2,3)4-7-12-8-5-11-6-9-12;1-10(2,3)4-5-11-6-8-12-9-7-11;1-8(7-10(5)6)9(2,3)4;1-8(10(5)6)7-9(2,3)4;1-8(2,3)6-7-9(4)5/h11H,5-10H2,1-4H3;2*4-11H2,1-3H3;10H,5-9H2,1-4H3;10H,7-9H2,1-6H3;6-10H2,1-5H3;11H,4-9H2,1-3H3;4-9H2,1-3H3;2*8H,7H2,1-6H3;6-7H2,1-5H3. The molecule has 0 radical (unpaired) electrons. The van der Waals surface area contributed by atoms with Gasteiger partial charge in [-0.05, 0) is 340 Å². The van der Waals surface area contributed by atoms with Crippen LogP contribution in [-0.4, -0.2) is 312 Å². The van der Waals surface area contributed by atoms with Crippen LogP contribution in [0.1, 0.15) is 413 Å². The molecule has 129 heavy (non-hydrogen) atoms. The molecule has 0 aromatic rings. The van der Waals surface area contributed by atoms with Crippen LogP contribution >= 0.6 is 0 Å². The number of likely N-dealkylation sites (tertiary alicyclic amines) is 3. The fourth-order valence-electron chi connectivity index (χ4n) is 15.0. The largest absolute Gasteiger partial charge is 0.379 e. The van der Waals surface area contributed by atoms with Gasteiger partial charge in [0.1, 0.15) is 0 Å². The number of piperidine rings is 3. The molecule has 14 nitrogen and oxygen atoms in total. The zero-order valence-electron chi connectivity index (χ0n) is 98.7. The highest BCUT2D eigenvalue weighted by molar-refractivity contribution is 4.81. The molecule has 14 heteroatoms. The number of nitrogens with one attached hydrogen (secondary N) is 1.